The molecule has 0 heterocycles. The zero-order valence-electron chi connectivity index (χ0n) is 5.09. The Kier molecular flexibility index (Phi) is 4.57. The third-order valence-electron chi connectivity index (χ3n) is 0.843. The quantitative estimate of drug-likeness (QED) is 0.327. The van der Waals surface area contributed by atoms with Crippen molar-refractivity contribution in [2.75, 3.05) is 0 Å². The smallest absolute Gasteiger partial charge is 0.320 e. The molecule has 0 aliphatic heterocycles. The van der Waals surface area contributed by atoms with E-state index < -0.39 is 0 Å². The van der Waals surface area contributed by atoms with Crippen LogP contribution in [0.1, 0.15) is 0 Å². The first-order valence-electron chi connectivity index (χ1n) is 2.26. The third-order valence-corrected chi connectivity index (χ3v) is 1.31. The zero-order chi connectivity index (χ0) is 5.11. The fourth-order valence-corrected chi connectivity index (χ4v) is 0.750. The molecule has 0 radical (unpaired) electrons. The second kappa shape index (κ2) is 4.33. The molecule has 2 heteroatoms. The molecule has 0 aliphatic carbocycles. The number of benzene rings is 1. The van der Waals surface area contributed by atoms with Crippen LogP contribution in [0, 0.1) is 0 Å². The van der Waals surface area contributed by atoms with Crippen LogP contribution in [-0.2, 0) is 0 Å². The molecule has 1 aromatic carbocycles. The number of rotatable bonds is 0. The van der Waals surface area contributed by atoms with Crippen molar-refractivity contribution in [2.45, 2.75) is 0 Å². The molecule has 0 bridgehead atoms. The van der Waals surface area contributed by atoms with Crippen LogP contribution in [-0.4, -0.2) is 10.2 Å². The minimum absolute atomic E-state index is 0. The maximum Gasteiger partial charge on any atom is 1.00 e. The van der Waals surface area contributed by atoms with E-state index in [-0.39, 0.29) is 29.6 Å². The van der Waals surface area contributed by atoms with E-state index in [0.717, 1.165) is 0 Å². The largest absolute Gasteiger partial charge is 1.00 e. The van der Waals surface area contributed by atoms with Crippen LogP contribution in [0.4, 0.5) is 0 Å². The molecule has 0 fully saturated rings. The van der Waals surface area contributed by atoms with E-state index in [1.165, 1.54) is 5.19 Å². The van der Waals surface area contributed by atoms with Gasteiger partial charge < -0.3 is 10.2 Å². The average Bonchev–Trinajstić information content (AvgIpc) is 1.69. The predicted molar refractivity (Wildman–Crippen MR) is 34.6 cm³/mol. The molecule has 0 aliphatic rings. The van der Waals surface area contributed by atoms with Crippen molar-refractivity contribution < 1.29 is 29.6 Å². The van der Waals surface area contributed by atoms with E-state index in [9.17, 15) is 0 Å². The van der Waals surface area contributed by atoms with Crippen molar-refractivity contribution in [1.82, 2.24) is 0 Å². The van der Waals surface area contributed by atoms with Gasteiger partial charge in [-0.2, -0.15) is 0 Å². The molecule has 36 valence electrons. The summed E-state index contributed by atoms with van der Waals surface area (Å²) in [5.41, 5.74) is 0. The van der Waals surface area contributed by atoms with Gasteiger partial charge in [-0.25, -0.2) is 5.19 Å². The van der Waals surface area contributed by atoms with E-state index in [4.69, 9.17) is 0 Å². The molecule has 0 saturated carbocycles. The zero-order valence-corrected chi connectivity index (χ0v) is 8.51. The fourth-order valence-electron chi connectivity index (χ4n) is 0.478. The molecule has 8 heavy (non-hydrogen) atoms. The first-order chi connectivity index (χ1) is 3.39. The molecule has 0 nitrogen and oxygen atoms in total. The molecule has 0 N–H and O–H groups in total. The summed E-state index contributed by atoms with van der Waals surface area (Å²) in [5.74, 6) is 0. The summed E-state index contributed by atoms with van der Waals surface area (Å²) in [5, 5.41) is 1.35. The normalized spacial score (nSPS) is 7.50. The van der Waals surface area contributed by atoms with Crippen LogP contribution in [0.5, 0.6) is 0 Å². The van der Waals surface area contributed by atoms with Gasteiger partial charge >= 0.3 is 29.6 Å². The number of hydrogen-bond acceptors (Lipinski definition) is 0. The Labute approximate surface area is 75.0 Å². The topological polar surface area (TPSA) is 0 Å². The summed E-state index contributed by atoms with van der Waals surface area (Å²) >= 11 is 0. The Bertz CT molecular complexity index is 138. The van der Waals surface area contributed by atoms with Gasteiger partial charge in [0.25, 0.3) is 0 Å². The Morgan fingerprint density at radius 3 is 1.75 bits per heavy atom. The van der Waals surface area contributed by atoms with Gasteiger partial charge in [0.05, 0.1) is 0 Å². The molecule has 0 unspecified atom stereocenters. The molecule has 0 saturated heterocycles. The van der Waals surface area contributed by atoms with Gasteiger partial charge in [-0.1, -0.05) is 30.3 Å². The monoisotopic (exact) mass is 130 g/mol. The molecule has 0 amide bonds. The minimum atomic E-state index is 0. The van der Waals surface area contributed by atoms with Crippen molar-refractivity contribution >= 4 is 15.4 Å². The summed E-state index contributed by atoms with van der Waals surface area (Å²) in [7, 11) is 1.90. The van der Waals surface area contributed by atoms with Crippen LogP contribution in [0.3, 0.4) is 0 Å². The number of hydrogen-bond donors (Lipinski definition) is 0. The van der Waals surface area contributed by atoms with Gasteiger partial charge in [-0.3, -0.25) is 0 Å². The Morgan fingerprint density at radius 2 is 1.50 bits per heavy atom. The van der Waals surface area contributed by atoms with Crippen molar-refractivity contribution in [2.24, 2.45) is 0 Å². The summed E-state index contributed by atoms with van der Waals surface area (Å²) < 4.78 is 0. The fraction of sp³-hybridized carbons (Fsp3) is 0. The van der Waals surface area contributed by atoms with Crippen molar-refractivity contribution in [3.05, 3.63) is 30.3 Å². The molecular formula is C6H7NaSi. The van der Waals surface area contributed by atoms with E-state index in [0.29, 0.717) is 0 Å². The standard InChI is InChI=1S/C6H7Si.Na/c7-6-4-2-1-3-5-6;/h1-5H,7H2;/q-1;+1. The SMILES string of the molecule is [Na+].[SiH2-]c1ccccc1. The van der Waals surface area contributed by atoms with Gasteiger partial charge in [0.2, 0.25) is 0 Å². The summed E-state index contributed by atoms with van der Waals surface area (Å²) in [6.45, 7) is 0. The van der Waals surface area contributed by atoms with Crippen LogP contribution in [0.25, 0.3) is 0 Å². The van der Waals surface area contributed by atoms with Gasteiger partial charge in [0.15, 0.2) is 0 Å². The average molecular weight is 130 g/mol. The Morgan fingerprint density at radius 1 is 1.00 bits per heavy atom. The van der Waals surface area contributed by atoms with E-state index in [1.807, 2.05) is 28.4 Å². The van der Waals surface area contributed by atoms with Gasteiger partial charge in [0, 0.05) is 0 Å². The van der Waals surface area contributed by atoms with E-state index >= 15 is 0 Å². The van der Waals surface area contributed by atoms with E-state index in [1.54, 1.807) is 0 Å². The second-order valence-electron chi connectivity index (χ2n) is 1.49. The summed E-state index contributed by atoms with van der Waals surface area (Å²) in [6, 6.07) is 10.3. The van der Waals surface area contributed by atoms with Gasteiger partial charge in [0.1, 0.15) is 0 Å². The molecular weight excluding hydrogens is 123 g/mol. The molecule has 1 rings (SSSR count). The van der Waals surface area contributed by atoms with Crippen molar-refractivity contribution in [1.29, 1.82) is 0 Å². The van der Waals surface area contributed by atoms with Crippen LogP contribution >= 0.6 is 0 Å². The first-order valence-corrected chi connectivity index (χ1v) is 2.97. The minimum Gasteiger partial charge on any atom is -0.320 e. The maximum absolute atomic E-state index is 2.10. The first kappa shape index (κ1) is 8.44. The van der Waals surface area contributed by atoms with Crippen molar-refractivity contribution in [3.63, 3.8) is 0 Å². The van der Waals surface area contributed by atoms with Crippen LogP contribution in [0.2, 0.25) is 0 Å². The second-order valence-corrected chi connectivity index (χ2v) is 2.30. The van der Waals surface area contributed by atoms with Crippen molar-refractivity contribution in [3.8, 4) is 0 Å². The Balaban J connectivity index is 0.000000490. The molecule has 0 aromatic heterocycles. The molecule has 0 spiro atoms. The summed E-state index contributed by atoms with van der Waals surface area (Å²) in [4.78, 5) is 0. The van der Waals surface area contributed by atoms with Gasteiger partial charge in [-0.05, 0) is 0 Å². The third kappa shape index (κ3) is 2.67. The van der Waals surface area contributed by atoms with Crippen LogP contribution in [0.15, 0.2) is 30.3 Å². The van der Waals surface area contributed by atoms with Gasteiger partial charge in [-0.15, -0.1) is 0 Å². The molecule has 0 atom stereocenters. The maximum atomic E-state index is 2.10. The summed E-state index contributed by atoms with van der Waals surface area (Å²) in [6.07, 6.45) is 0. The van der Waals surface area contributed by atoms with Crippen LogP contribution < -0.4 is 34.7 Å². The molecule has 1 aromatic rings. The Hall–Kier alpha value is 0.437. The van der Waals surface area contributed by atoms with E-state index in [2.05, 4.69) is 12.1 Å². The predicted octanol–water partition coefficient (Wildman–Crippen LogP) is -3.05.